The molecule has 0 spiro atoms. The van der Waals surface area contributed by atoms with E-state index >= 15 is 0 Å². The van der Waals surface area contributed by atoms with Crippen LogP contribution in [-0.2, 0) is 0 Å². The second-order valence-corrected chi connectivity index (χ2v) is 5.61. The predicted molar refractivity (Wildman–Crippen MR) is 81.3 cm³/mol. The lowest BCUT2D eigenvalue weighted by atomic mass is 10.3. The molecule has 4 nitrogen and oxygen atoms in total. The Morgan fingerprint density at radius 1 is 1.37 bits per heavy atom. The molecule has 0 unspecified atom stereocenters. The van der Waals surface area contributed by atoms with Crippen LogP contribution in [0.3, 0.4) is 0 Å². The highest BCUT2D eigenvalue weighted by Crippen LogP contribution is 2.19. The Balaban J connectivity index is 1.93. The van der Waals surface area contributed by atoms with Crippen LogP contribution in [0, 0.1) is 0 Å². The first-order chi connectivity index (χ1) is 9.13. The number of hydrogen-bond donors (Lipinski definition) is 2. The van der Waals surface area contributed by atoms with Crippen molar-refractivity contribution in [3.63, 3.8) is 0 Å². The molecule has 0 radical (unpaired) electrons. The van der Waals surface area contributed by atoms with Gasteiger partial charge in [0.2, 0.25) is 11.1 Å². The molecule has 0 saturated carbocycles. The van der Waals surface area contributed by atoms with E-state index in [1.165, 1.54) is 5.57 Å². The van der Waals surface area contributed by atoms with E-state index in [1.54, 1.807) is 11.8 Å². The lowest BCUT2D eigenvalue weighted by Crippen LogP contribution is -1.91. The summed E-state index contributed by atoms with van der Waals surface area (Å²) in [5.41, 5.74) is 2.21. The number of H-pyrrole nitrogens is 1. The zero-order valence-corrected chi connectivity index (χ0v) is 12.3. The van der Waals surface area contributed by atoms with E-state index in [2.05, 4.69) is 40.4 Å². The van der Waals surface area contributed by atoms with Gasteiger partial charge in [-0.3, -0.25) is 0 Å². The van der Waals surface area contributed by atoms with Crippen molar-refractivity contribution < 1.29 is 0 Å². The molecule has 0 aliphatic heterocycles. The Morgan fingerprint density at radius 3 is 2.79 bits per heavy atom. The number of rotatable bonds is 5. The second-order valence-electron chi connectivity index (χ2n) is 4.19. The molecule has 100 valence electrons. The van der Waals surface area contributed by atoms with Crippen molar-refractivity contribution in [3.8, 4) is 0 Å². The summed E-state index contributed by atoms with van der Waals surface area (Å²) in [6, 6.07) is 7.43. The van der Waals surface area contributed by atoms with Crippen LogP contribution in [0.2, 0.25) is 5.02 Å². The predicted octanol–water partition coefficient (Wildman–Crippen LogP) is 4.26. The van der Waals surface area contributed by atoms with Crippen molar-refractivity contribution in [1.82, 2.24) is 15.2 Å². The zero-order chi connectivity index (χ0) is 13.7. The third-order valence-electron chi connectivity index (χ3n) is 2.28. The number of thioether (sulfide) groups is 1. The van der Waals surface area contributed by atoms with Crippen LogP contribution in [0.25, 0.3) is 0 Å². The molecule has 2 aromatic rings. The van der Waals surface area contributed by atoms with Gasteiger partial charge in [-0.25, -0.2) is 5.10 Å². The van der Waals surface area contributed by atoms with Crippen molar-refractivity contribution in [1.29, 1.82) is 0 Å². The van der Waals surface area contributed by atoms with Crippen LogP contribution in [0.5, 0.6) is 0 Å². The number of halogens is 1. The maximum absolute atomic E-state index is 5.83. The normalized spacial score (nSPS) is 10.3. The monoisotopic (exact) mass is 294 g/mol. The average molecular weight is 295 g/mol. The van der Waals surface area contributed by atoms with Gasteiger partial charge in [0.05, 0.1) is 0 Å². The van der Waals surface area contributed by atoms with Crippen LogP contribution in [0.4, 0.5) is 11.6 Å². The molecule has 0 bridgehead atoms. The Labute approximate surface area is 121 Å². The van der Waals surface area contributed by atoms with Gasteiger partial charge < -0.3 is 5.32 Å². The van der Waals surface area contributed by atoms with Crippen LogP contribution < -0.4 is 5.32 Å². The number of allylic oxidation sites excluding steroid dienone is 1. The SMILES string of the molecule is CC(C)=CCSc1n[nH]c(Nc2ccc(Cl)cc2)n1. The van der Waals surface area contributed by atoms with E-state index < -0.39 is 0 Å². The van der Waals surface area contributed by atoms with Gasteiger partial charge in [-0.1, -0.05) is 35.0 Å². The minimum atomic E-state index is 0.627. The fourth-order valence-corrected chi connectivity index (χ4v) is 2.28. The summed E-state index contributed by atoms with van der Waals surface area (Å²) in [4.78, 5) is 4.35. The minimum Gasteiger partial charge on any atom is -0.325 e. The molecule has 6 heteroatoms. The quantitative estimate of drug-likeness (QED) is 0.639. The fourth-order valence-electron chi connectivity index (χ4n) is 1.32. The molecule has 19 heavy (non-hydrogen) atoms. The summed E-state index contributed by atoms with van der Waals surface area (Å²) >= 11 is 7.42. The lowest BCUT2D eigenvalue weighted by Gasteiger charge is -2.01. The largest absolute Gasteiger partial charge is 0.325 e. The van der Waals surface area contributed by atoms with Crippen LogP contribution in [-0.4, -0.2) is 20.9 Å². The van der Waals surface area contributed by atoms with Gasteiger partial charge in [0.1, 0.15) is 0 Å². The molecule has 0 aliphatic carbocycles. The third-order valence-corrected chi connectivity index (χ3v) is 3.30. The lowest BCUT2D eigenvalue weighted by molar-refractivity contribution is 0.975. The molecule has 2 N–H and O–H groups in total. The minimum absolute atomic E-state index is 0.627. The number of aromatic amines is 1. The molecule has 2 rings (SSSR count). The standard InChI is InChI=1S/C13H15ClN4S/c1-9(2)7-8-19-13-16-12(17-18-13)15-11-5-3-10(14)4-6-11/h3-7H,8H2,1-2H3,(H2,15,16,17,18). The van der Waals surface area contributed by atoms with E-state index in [1.807, 2.05) is 24.3 Å². The molecule has 0 amide bonds. The Kier molecular flexibility index (Phi) is 4.87. The van der Waals surface area contributed by atoms with Gasteiger partial charge in [-0.05, 0) is 38.1 Å². The highest BCUT2D eigenvalue weighted by molar-refractivity contribution is 7.99. The number of hydrogen-bond acceptors (Lipinski definition) is 4. The molecule has 1 aromatic heterocycles. The summed E-state index contributed by atoms with van der Waals surface area (Å²) in [7, 11) is 0. The van der Waals surface area contributed by atoms with Crippen LogP contribution >= 0.6 is 23.4 Å². The summed E-state index contributed by atoms with van der Waals surface area (Å²) in [6.07, 6.45) is 2.15. The third kappa shape index (κ3) is 4.61. The van der Waals surface area contributed by atoms with Crippen molar-refractivity contribution >= 4 is 35.0 Å². The smallest absolute Gasteiger partial charge is 0.223 e. The highest BCUT2D eigenvalue weighted by atomic mass is 35.5. The molecule has 1 heterocycles. The number of nitrogens with zero attached hydrogens (tertiary/aromatic N) is 2. The van der Waals surface area contributed by atoms with Gasteiger partial charge in [-0.15, -0.1) is 5.10 Å². The van der Waals surface area contributed by atoms with Gasteiger partial charge >= 0.3 is 0 Å². The Hall–Kier alpha value is -1.46. The molecular formula is C13H15ClN4S. The van der Waals surface area contributed by atoms with Crippen molar-refractivity contribution in [3.05, 3.63) is 40.9 Å². The topological polar surface area (TPSA) is 53.6 Å². The van der Waals surface area contributed by atoms with Gasteiger partial charge in [0.25, 0.3) is 0 Å². The number of benzene rings is 1. The summed E-state index contributed by atoms with van der Waals surface area (Å²) < 4.78 is 0. The molecule has 1 aromatic carbocycles. The van der Waals surface area contributed by atoms with E-state index in [0.717, 1.165) is 16.6 Å². The molecule has 0 aliphatic rings. The van der Waals surface area contributed by atoms with E-state index in [-0.39, 0.29) is 0 Å². The number of aromatic nitrogens is 3. The Morgan fingerprint density at radius 2 is 2.11 bits per heavy atom. The van der Waals surface area contributed by atoms with E-state index in [9.17, 15) is 0 Å². The van der Waals surface area contributed by atoms with Crippen molar-refractivity contribution in [2.45, 2.75) is 19.0 Å². The van der Waals surface area contributed by atoms with E-state index in [4.69, 9.17) is 11.6 Å². The molecule has 0 atom stereocenters. The van der Waals surface area contributed by atoms with Crippen molar-refractivity contribution in [2.24, 2.45) is 0 Å². The number of nitrogens with one attached hydrogen (secondary N) is 2. The van der Waals surface area contributed by atoms with Gasteiger partial charge in [0.15, 0.2) is 0 Å². The molecule has 0 saturated heterocycles. The zero-order valence-electron chi connectivity index (χ0n) is 10.8. The van der Waals surface area contributed by atoms with Crippen LogP contribution in [0.15, 0.2) is 41.1 Å². The fraction of sp³-hybridized carbons (Fsp3) is 0.231. The molecule has 0 fully saturated rings. The summed E-state index contributed by atoms with van der Waals surface area (Å²) in [6.45, 7) is 4.15. The maximum Gasteiger partial charge on any atom is 0.223 e. The summed E-state index contributed by atoms with van der Waals surface area (Å²) in [5, 5.41) is 11.6. The first-order valence-electron chi connectivity index (χ1n) is 5.84. The first-order valence-corrected chi connectivity index (χ1v) is 7.21. The van der Waals surface area contributed by atoms with Gasteiger partial charge in [-0.2, -0.15) is 4.98 Å². The van der Waals surface area contributed by atoms with Gasteiger partial charge in [0, 0.05) is 16.5 Å². The average Bonchev–Trinajstić information content (AvgIpc) is 2.79. The second kappa shape index (κ2) is 6.63. The Bertz CT molecular complexity index is 558. The number of anilines is 2. The van der Waals surface area contributed by atoms with Crippen LogP contribution in [0.1, 0.15) is 13.8 Å². The van der Waals surface area contributed by atoms with Crippen molar-refractivity contribution in [2.75, 3.05) is 11.1 Å². The maximum atomic E-state index is 5.83. The first kappa shape index (κ1) is 14.0. The van der Waals surface area contributed by atoms with E-state index in [0.29, 0.717) is 11.0 Å². The highest BCUT2D eigenvalue weighted by Gasteiger charge is 2.03. The molecular weight excluding hydrogens is 280 g/mol. The summed E-state index contributed by atoms with van der Waals surface area (Å²) in [5.74, 6) is 1.50.